The van der Waals surface area contributed by atoms with E-state index < -0.39 is 56.1 Å². The van der Waals surface area contributed by atoms with Crippen LogP contribution >= 0.6 is 0 Å². The molecule has 0 bridgehead atoms. The van der Waals surface area contributed by atoms with Gasteiger partial charge in [-0.3, -0.25) is 4.72 Å². The molecular formula is C21H20F7NO3S. The molecule has 0 unspecified atom stereocenters. The van der Waals surface area contributed by atoms with Crippen LogP contribution < -0.4 is 9.46 Å². The van der Waals surface area contributed by atoms with Gasteiger partial charge in [-0.25, -0.2) is 12.8 Å². The number of nitrogens with one attached hydrogen (secondary N) is 1. The second-order valence-corrected chi connectivity index (χ2v) is 9.64. The summed E-state index contributed by atoms with van der Waals surface area (Å²) in [6.07, 6.45) is -7.62. The van der Waals surface area contributed by atoms with E-state index in [0.29, 0.717) is 30.9 Å². The molecule has 1 N–H and O–H groups in total. The van der Waals surface area contributed by atoms with Crippen molar-refractivity contribution < 1.29 is 43.9 Å². The molecule has 2 aromatic carbocycles. The highest BCUT2D eigenvalue weighted by molar-refractivity contribution is 7.92. The van der Waals surface area contributed by atoms with E-state index in [9.17, 15) is 39.2 Å². The molecule has 4 nitrogen and oxygen atoms in total. The SMILES string of the molecule is CC1CCC(Oc2cc(NS(=O)(=O)c3ccc(C(F)(F)F)c(F)c3)ccc2C(F)(F)F)CC1. The van der Waals surface area contributed by atoms with Gasteiger partial charge in [0, 0.05) is 6.07 Å². The third-order valence-corrected chi connectivity index (χ3v) is 6.73. The van der Waals surface area contributed by atoms with E-state index >= 15 is 0 Å². The van der Waals surface area contributed by atoms with Crippen molar-refractivity contribution in [2.75, 3.05) is 4.72 Å². The Labute approximate surface area is 185 Å². The van der Waals surface area contributed by atoms with Crippen LogP contribution in [0.1, 0.15) is 43.7 Å². The number of alkyl halides is 6. The predicted molar refractivity (Wildman–Crippen MR) is 106 cm³/mol. The topological polar surface area (TPSA) is 55.4 Å². The molecule has 0 amide bonds. The van der Waals surface area contributed by atoms with Crippen LogP contribution in [0.5, 0.6) is 5.75 Å². The van der Waals surface area contributed by atoms with E-state index in [1.165, 1.54) is 0 Å². The molecule has 0 aromatic heterocycles. The van der Waals surface area contributed by atoms with E-state index in [4.69, 9.17) is 4.74 Å². The average molecular weight is 499 g/mol. The highest BCUT2D eigenvalue weighted by atomic mass is 32.2. The van der Waals surface area contributed by atoms with Crippen molar-refractivity contribution in [3.05, 3.63) is 53.3 Å². The van der Waals surface area contributed by atoms with Crippen molar-refractivity contribution in [1.82, 2.24) is 0 Å². The van der Waals surface area contributed by atoms with Gasteiger partial charge in [0.15, 0.2) is 0 Å². The van der Waals surface area contributed by atoms with Gasteiger partial charge in [0.25, 0.3) is 10.0 Å². The van der Waals surface area contributed by atoms with E-state index in [-0.39, 0.29) is 17.8 Å². The molecule has 182 valence electrons. The van der Waals surface area contributed by atoms with Gasteiger partial charge in [-0.05, 0) is 61.9 Å². The molecule has 12 heteroatoms. The molecule has 0 atom stereocenters. The van der Waals surface area contributed by atoms with Crippen LogP contribution in [-0.2, 0) is 22.4 Å². The summed E-state index contributed by atoms with van der Waals surface area (Å²) in [5, 5.41) is 0. The third kappa shape index (κ3) is 6.10. The summed E-state index contributed by atoms with van der Waals surface area (Å²) in [6, 6.07) is 3.37. The fourth-order valence-corrected chi connectivity index (χ4v) is 4.61. The monoisotopic (exact) mass is 499 g/mol. The van der Waals surface area contributed by atoms with Gasteiger partial charge in [-0.1, -0.05) is 6.92 Å². The Morgan fingerprint density at radius 3 is 2.00 bits per heavy atom. The Morgan fingerprint density at radius 1 is 0.879 bits per heavy atom. The van der Waals surface area contributed by atoms with Crippen LogP contribution in [0.3, 0.4) is 0 Å². The van der Waals surface area contributed by atoms with Crippen molar-refractivity contribution in [2.24, 2.45) is 5.92 Å². The number of halogens is 7. The van der Waals surface area contributed by atoms with Crippen molar-refractivity contribution in [1.29, 1.82) is 0 Å². The third-order valence-electron chi connectivity index (χ3n) is 5.35. The smallest absolute Gasteiger partial charge is 0.419 e. The van der Waals surface area contributed by atoms with Crippen molar-refractivity contribution in [3.8, 4) is 5.75 Å². The molecule has 33 heavy (non-hydrogen) atoms. The van der Waals surface area contributed by atoms with Crippen LogP contribution in [0.2, 0.25) is 0 Å². The van der Waals surface area contributed by atoms with Crippen LogP contribution in [-0.4, -0.2) is 14.5 Å². The molecule has 2 aromatic rings. The second kappa shape index (κ2) is 9.03. The number of hydrogen-bond acceptors (Lipinski definition) is 3. The number of anilines is 1. The molecule has 1 aliphatic rings. The molecule has 0 aliphatic heterocycles. The van der Waals surface area contributed by atoms with Gasteiger partial charge < -0.3 is 4.74 Å². The van der Waals surface area contributed by atoms with Gasteiger partial charge in [-0.2, -0.15) is 26.3 Å². The van der Waals surface area contributed by atoms with Gasteiger partial charge in [0.1, 0.15) is 11.6 Å². The summed E-state index contributed by atoms with van der Waals surface area (Å²) in [7, 11) is -4.60. The van der Waals surface area contributed by atoms with Crippen molar-refractivity contribution in [2.45, 2.75) is 56.0 Å². The minimum Gasteiger partial charge on any atom is -0.490 e. The zero-order chi connectivity index (χ0) is 24.6. The number of rotatable bonds is 5. The number of ether oxygens (including phenoxy) is 1. The Morgan fingerprint density at radius 2 is 1.45 bits per heavy atom. The normalized spacial score (nSPS) is 19.9. The Bertz CT molecular complexity index is 1110. The number of hydrogen-bond donors (Lipinski definition) is 1. The molecule has 1 aliphatic carbocycles. The van der Waals surface area contributed by atoms with E-state index in [1.54, 1.807) is 0 Å². The van der Waals surface area contributed by atoms with Gasteiger partial charge >= 0.3 is 12.4 Å². The standard InChI is InChI=1S/C21H20F7NO3S/c1-12-2-5-14(6-3-12)32-19-10-13(4-8-17(19)21(26,27)28)29-33(30,31)15-7-9-16(18(22)11-15)20(23,24)25/h4,7-12,14,29H,2-3,5-6H2,1H3. The summed E-state index contributed by atoms with van der Waals surface area (Å²) in [4.78, 5) is -0.823. The molecule has 1 fully saturated rings. The predicted octanol–water partition coefficient (Wildman–Crippen LogP) is 6.62. The lowest BCUT2D eigenvalue weighted by Crippen LogP contribution is -2.24. The summed E-state index contributed by atoms with van der Waals surface area (Å²) in [5.41, 5.74) is -3.06. The maximum atomic E-state index is 13.8. The summed E-state index contributed by atoms with van der Waals surface area (Å²) < 4.78 is 125. The summed E-state index contributed by atoms with van der Waals surface area (Å²) in [5.74, 6) is -1.94. The van der Waals surface area contributed by atoms with Gasteiger partial charge in [-0.15, -0.1) is 0 Å². The van der Waals surface area contributed by atoms with E-state index in [0.717, 1.165) is 25.0 Å². The fraction of sp³-hybridized carbons (Fsp3) is 0.429. The summed E-state index contributed by atoms with van der Waals surface area (Å²) >= 11 is 0. The van der Waals surface area contributed by atoms with E-state index in [2.05, 4.69) is 0 Å². The zero-order valence-corrected chi connectivity index (χ0v) is 18.0. The minimum absolute atomic E-state index is 0.190. The molecular weight excluding hydrogens is 479 g/mol. The lowest BCUT2D eigenvalue weighted by Gasteiger charge is -2.28. The Hall–Kier alpha value is -2.50. The Kier molecular flexibility index (Phi) is 6.88. The highest BCUT2D eigenvalue weighted by Gasteiger charge is 2.36. The van der Waals surface area contributed by atoms with Crippen LogP contribution in [0.4, 0.5) is 36.4 Å². The van der Waals surface area contributed by atoms with Gasteiger partial charge in [0.05, 0.1) is 27.8 Å². The molecule has 1 saturated carbocycles. The zero-order valence-electron chi connectivity index (χ0n) is 17.2. The van der Waals surface area contributed by atoms with Crippen LogP contribution in [0.25, 0.3) is 0 Å². The fourth-order valence-electron chi connectivity index (χ4n) is 3.55. The van der Waals surface area contributed by atoms with Gasteiger partial charge in [0.2, 0.25) is 0 Å². The second-order valence-electron chi connectivity index (χ2n) is 7.95. The summed E-state index contributed by atoms with van der Waals surface area (Å²) in [6.45, 7) is 2.02. The molecule has 0 radical (unpaired) electrons. The minimum atomic E-state index is -5.02. The largest absolute Gasteiger partial charge is 0.490 e. The maximum absolute atomic E-state index is 13.8. The lowest BCUT2D eigenvalue weighted by atomic mass is 9.89. The first-order valence-electron chi connectivity index (χ1n) is 9.94. The first-order valence-corrected chi connectivity index (χ1v) is 11.4. The first kappa shape index (κ1) is 25.1. The highest BCUT2D eigenvalue weighted by Crippen LogP contribution is 2.40. The molecule has 0 spiro atoms. The first-order chi connectivity index (χ1) is 15.2. The Balaban J connectivity index is 1.89. The van der Waals surface area contributed by atoms with Crippen molar-refractivity contribution >= 4 is 15.7 Å². The molecule has 3 rings (SSSR count). The molecule has 0 saturated heterocycles. The number of benzene rings is 2. The van der Waals surface area contributed by atoms with Crippen LogP contribution in [0, 0.1) is 11.7 Å². The lowest BCUT2D eigenvalue weighted by molar-refractivity contribution is -0.140. The maximum Gasteiger partial charge on any atom is 0.419 e. The van der Waals surface area contributed by atoms with E-state index in [1.807, 2.05) is 11.6 Å². The van der Waals surface area contributed by atoms with Crippen molar-refractivity contribution in [3.63, 3.8) is 0 Å². The molecule has 0 heterocycles. The number of sulfonamides is 1. The average Bonchev–Trinajstić information content (AvgIpc) is 2.67. The van der Waals surface area contributed by atoms with Crippen LogP contribution in [0.15, 0.2) is 41.3 Å². The quantitative estimate of drug-likeness (QED) is 0.471.